The largest absolute Gasteiger partial charge is 0.287 e. The zero-order chi connectivity index (χ0) is 14.1. The minimum absolute atomic E-state index is 0.285. The predicted molar refractivity (Wildman–Crippen MR) is 82.9 cm³/mol. The minimum atomic E-state index is 0.285. The molecule has 0 unspecified atom stereocenters. The summed E-state index contributed by atoms with van der Waals surface area (Å²) in [5.74, 6) is 1.84. The summed E-state index contributed by atoms with van der Waals surface area (Å²) in [6.45, 7) is 4.28. The molecule has 0 aromatic carbocycles. The highest BCUT2D eigenvalue weighted by Gasteiger charge is 2.14. The van der Waals surface area contributed by atoms with Crippen LogP contribution in [0.1, 0.15) is 31.0 Å². The summed E-state index contributed by atoms with van der Waals surface area (Å²) in [6.07, 6.45) is 6.69. The molecular formula is C14H15ClN4S. The fourth-order valence-corrected chi connectivity index (χ4v) is 3.40. The normalized spacial score (nSPS) is 11.3. The molecule has 0 saturated heterocycles. The van der Waals surface area contributed by atoms with Gasteiger partial charge in [0.05, 0.1) is 5.39 Å². The van der Waals surface area contributed by atoms with Gasteiger partial charge in [0.2, 0.25) is 5.28 Å². The Hall–Kier alpha value is -1.46. The summed E-state index contributed by atoms with van der Waals surface area (Å²) in [7, 11) is 0. The van der Waals surface area contributed by atoms with Crippen molar-refractivity contribution in [1.29, 1.82) is 0 Å². The number of aromatic nitrogens is 4. The van der Waals surface area contributed by atoms with E-state index < -0.39 is 0 Å². The van der Waals surface area contributed by atoms with Crippen molar-refractivity contribution in [3.63, 3.8) is 0 Å². The first-order chi connectivity index (χ1) is 9.72. The Morgan fingerprint density at radius 3 is 2.90 bits per heavy atom. The van der Waals surface area contributed by atoms with E-state index in [2.05, 4.69) is 34.9 Å². The maximum Gasteiger partial charge on any atom is 0.225 e. The van der Waals surface area contributed by atoms with Gasteiger partial charge >= 0.3 is 0 Å². The van der Waals surface area contributed by atoms with Crippen molar-refractivity contribution in [2.24, 2.45) is 0 Å². The third-order valence-electron chi connectivity index (χ3n) is 3.16. The van der Waals surface area contributed by atoms with Gasteiger partial charge in [-0.3, -0.25) is 4.57 Å². The number of halogens is 1. The van der Waals surface area contributed by atoms with Gasteiger partial charge in [-0.05, 0) is 30.5 Å². The monoisotopic (exact) mass is 306 g/mol. The molecule has 104 valence electrons. The van der Waals surface area contributed by atoms with Gasteiger partial charge in [0.15, 0.2) is 5.82 Å². The lowest BCUT2D eigenvalue weighted by molar-refractivity contribution is 0.800. The van der Waals surface area contributed by atoms with Crippen LogP contribution in [0, 0.1) is 0 Å². The van der Waals surface area contributed by atoms with Crippen LogP contribution in [0.5, 0.6) is 0 Å². The number of rotatable bonds is 4. The molecule has 3 aromatic rings. The number of fused-ring (bicyclic) bond motifs is 1. The molecule has 4 nitrogen and oxygen atoms in total. The molecule has 3 rings (SSSR count). The van der Waals surface area contributed by atoms with Crippen molar-refractivity contribution in [2.45, 2.75) is 33.1 Å². The maximum atomic E-state index is 6.07. The Kier molecular flexibility index (Phi) is 3.72. The zero-order valence-corrected chi connectivity index (χ0v) is 13.0. The van der Waals surface area contributed by atoms with Crippen LogP contribution in [0.2, 0.25) is 5.28 Å². The Morgan fingerprint density at radius 2 is 2.15 bits per heavy atom. The summed E-state index contributed by atoms with van der Waals surface area (Å²) in [5.41, 5.74) is 0. The first kappa shape index (κ1) is 13.5. The average Bonchev–Trinajstić information content (AvgIpc) is 3.04. The molecule has 20 heavy (non-hydrogen) atoms. The highest BCUT2D eigenvalue weighted by Crippen LogP contribution is 2.30. The van der Waals surface area contributed by atoms with Crippen molar-refractivity contribution < 1.29 is 0 Å². The summed E-state index contributed by atoms with van der Waals surface area (Å²) >= 11 is 7.75. The van der Waals surface area contributed by atoms with Crippen molar-refractivity contribution >= 4 is 33.2 Å². The molecule has 0 aliphatic heterocycles. The van der Waals surface area contributed by atoms with Crippen LogP contribution < -0.4 is 0 Å². The van der Waals surface area contributed by atoms with Crippen LogP contribution >= 0.6 is 22.9 Å². The Balaban J connectivity index is 2.23. The summed E-state index contributed by atoms with van der Waals surface area (Å²) < 4.78 is 2.02. The van der Waals surface area contributed by atoms with E-state index in [4.69, 9.17) is 11.6 Å². The molecule has 0 N–H and O–H groups in total. The van der Waals surface area contributed by atoms with Crippen molar-refractivity contribution in [2.75, 3.05) is 0 Å². The molecule has 0 bridgehead atoms. The second-order valence-electron chi connectivity index (χ2n) is 4.56. The van der Waals surface area contributed by atoms with E-state index in [1.807, 2.05) is 10.8 Å². The van der Waals surface area contributed by atoms with Crippen molar-refractivity contribution in [3.05, 3.63) is 34.4 Å². The van der Waals surface area contributed by atoms with Gasteiger partial charge in [-0.25, -0.2) is 9.97 Å². The van der Waals surface area contributed by atoms with E-state index in [1.165, 1.54) is 4.88 Å². The van der Waals surface area contributed by atoms with Crippen molar-refractivity contribution in [1.82, 2.24) is 19.5 Å². The van der Waals surface area contributed by atoms with Gasteiger partial charge < -0.3 is 0 Å². The van der Waals surface area contributed by atoms with Crippen LogP contribution in [0.4, 0.5) is 0 Å². The van der Waals surface area contributed by atoms with Crippen LogP contribution in [-0.2, 0) is 12.8 Å². The average molecular weight is 307 g/mol. The SMILES string of the molecule is CCCc1nccn1-c1nc(Cl)nc2sc(CC)cc12. The van der Waals surface area contributed by atoms with Crippen molar-refractivity contribution in [3.8, 4) is 5.82 Å². The second kappa shape index (κ2) is 5.50. The maximum absolute atomic E-state index is 6.07. The van der Waals surface area contributed by atoms with Gasteiger partial charge in [-0.15, -0.1) is 11.3 Å². The highest BCUT2D eigenvalue weighted by atomic mass is 35.5. The third kappa shape index (κ3) is 2.31. The molecule has 0 aliphatic carbocycles. The molecule has 0 atom stereocenters. The summed E-state index contributed by atoms with van der Waals surface area (Å²) in [6, 6.07) is 2.15. The van der Waals surface area contributed by atoms with Gasteiger partial charge in [0.25, 0.3) is 0 Å². The van der Waals surface area contributed by atoms with Crippen LogP contribution in [0.15, 0.2) is 18.5 Å². The molecule has 6 heteroatoms. The minimum Gasteiger partial charge on any atom is -0.287 e. The molecule has 3 aromatic heterocycles. The quantitative estimate of drug-likeness (QED) is 0.683. The number of aryl methyl sites for hydroxylation is 2. The molecular weight excluding hydrogens is 292 g/mol. The third-order valence-corrected chi connectivity index (χ3v) is 4.51. The van der Waals surface area contributed by atoms with Crippen LogP contribution in [-0.4, -0.2) is 19.5 Å². The second-order valence-corrected chi connectivity index (χ2v) is 6.02. The lowest BCUT2D eigenvalue weighted by Crippen LogP contribution is -2.03. The molecule has 0 saturated carbocycles. The van der Waals surface area contributed by atoms with E-state index in [-0.39, 0.29) is 5.28 Å². The Morgan fingerprint density at radius 1 is 1.30 bits per heavy atom. The molecule has 0 fully saturated rings. The topological polar surface area (TPSA) is 43.6 Å². The van der Waals surface area contributed by atoms with E-state index in [0.29, 0.717) is 0 Å². The smallest absolute Gasteiger partial charge is 0.225 e. The predicted octanol–water partition coefficient (Wildman–Crippen LogP) is 4.05. The number of nitrogens with zero attached hydrogens (tertiary/aromatic N) is 4. The first-order valence-corrected chi connectivity index (χ1v) is 7.91. The van der Waals surface area contributed by atoms with Gasteiger partial charge in [0.1, 0.15) is 10.7 Å². The van der Waals surface area contributed by atoms with Gasteiger partial charge in [-0.2, -0.15) is 4.98 Å². The fraction of sp³-hybridized carbons (Fsp3) is 0.357. The lowest BCUT2D eigenvalue weighted by atomic mass is 10.3. The van der Waals surface area contributed by atoms with E-state index in [9.17, 15) is 0 Å². The standard InChI is InChI=1S/C14H15ClN4S/c1-3-5-11-16-6-7-19(11)12-10-8-9(4-2)20-13(10)18-14(15)17-12/h6-8H,3-5H2,1-2H3. The summed E-state index contributed by atoms with van der Waals surface area (Å²) in [4.78, 5) is 15.4. The Bertz CT molecular complexity index is 747. The van der Waals surface area contributed by atoms with Crippen LogP contribution in [0.25, 0.3) is 16.0 Å². The molecule has 0 aliphatic rings. The highest BCUT2D eigenvalue weighted by molar-refractivity contribution is 7.18. The molecule has 0 radical (unpaired) electrons. The fourth-order valence-electron chi connectivity index (χ4n) is 2.22. The number of thiophene rings is 1. The molecule has 0 spiro atoms. The first-order valence-electron chi connectivity index (χ1n) is 6.71. The number of hydrogen-bond donors (Lipinski definition) is 0. The van der Waals surface area contributed by atoms with E-state index >= 15 is 0 Å². The van der Waals surface area contributed by atoms with Gasteiger partial charge in [-0.1, -0.05) is 13.8 Å². The van der Waals surface area contributed by atoms with E-state index in [0.717, 1.165) is 41.1 Å². The molecule has 3 heterocycles. The lowest BCUT2D eigenvalue weighted by Gasteiger charge is -2.07. The number of imidazole rings is 1. The Labute approximate surface area is 126 Å². The van der Waals surface area contributed by atoms with Crippen LogP contribution in [0.3, 0.4) is 0 Å². The zero-order valence-electron chi connectivity index (χ0n) is 11.4. The summed E-state index contributed by atoms with van der Waals surface area (Å²) in [5, 5.41) is 1.33. The molecule has 0 amide bonds. The van der Waals surface area contributed by atoms with Gasteiger partial charge in [0, 0.05) is 23.7 Å². The van der Waals surface area contributed by atoms with E-state index in [1.54, 1.807) is 17.5 Å². The number of hydrogen-bond acceptors (Lipinski definition) is 4.